The number of nitrogens with zero attached hydrogens (tertiary/aromatic N) is 2. The number of carbonyl (C=O) groups is 1. The minimum Gasteiger partial charge on any atom is -0.382 e. The third-order valence-corrected chi connectivity index (χ3v) is 3.80. The molecule has 0 atom stereocenters. The zero-order valence-electron chi connectivity index (χ0n) is 11.9. The quantitative estimate of drug-likeness (QED) is 0.857. The maximum Gasteiger partial charge on any atom is 0.272 e. The molecule has 1 aliphatic rings. The first kappa shape index (κ1) is 13.9. The van der Waals surface area contributed by atoms with Gasteiger partial charge >= 0.3 is 0 Å². The number of amides is 1. The summed E-state index contributed by atoms with van der Waals surface area (Å²) in [6, 6.07) is 2.01. The summed E-state index contributed by atoms with van der Waals surface area (Å²) >= 11 is 0. The van der Waals surface area contributed by atoms with Crippen LogP contribution >= 0.6 is 0 Å². The van der Waals surface area contributed by atoms with Crippen molar-refractivity contribution in [1.29, 1.82) is 0 Å². The maximum atomic E-state index is 12.6. The number of H-pyrrole nitrogens is 1. The fraction of sp³-hybridized carbons (Fsp3) is 0.714. The first-order chi connectivity index (χ1) is 9.08. The monoisotopic (exact) mass is 264 g/mol. The van der Waals surface area contributed by atoms with Gasteiger partial charge in [-0.2, -0.15) is 5.10 Å². The van der Waals surface area contributed by atoms with Gasteiger partial charge in [0.25, 0.3) is 5.91 Å². The number of anilines is 1. The lowest BCUT2D eigenvalue weighted by Crippen LogP contribution is -2.40. The van der Waals surface area contributed by atoms with Gasteiger partial charge in [-0.25, -0.2) is 0 Å². The molecule has 0 spiro atoms. The summed E-state index contributed by atoms with van der Waals surface area (Å²) in [5.74, 6) is 1.01. The van der Waals surface area contributed by atoms with Gasteiger partial charge < -0.3 is 10.6 Å². The van der Waals surface area contributed by atoms with Gasteiger partial charge in [0.15, 0.2) is 0 Å². The predicted molar refractivity (Wildman–Crippen MR) is 75.7 cm³/mol. The predicted octanol–water partition coefficient (Wildman–Crippen LogP) is 2.42. The van der Waals surface area contributed by atoms with Crippen molar-refractivity contribution in [3.05, 3.63) is 11.8 Å². The van der Waals surface area contributed by atoms with Gasteiger partial charge in [0.05, 0.1) is 0 Å². The van der Waals surface area contributed by atoms with Gasteiger partial charge in [-0.15, -0.1) is 0 Å². The van der Waals surface area contributed by atoms with Crippen LogP contribution in [0.3, 0.4) is 0 Å². The summed E-state index contributed by atoms with van der Waals surface area (Å²) < 4.78 is 0. The lowest BCUT2D eigenvalue weighted by Gasteiger charge is -2.29. The van der Waals surface area contributed by atoms with Gasteiger partial charge in [-0.1, -0.05) is 26.7 Å². The van der Waals surface area contributed by atoms with Crippen LogP contribution in [-0.4, -0.2) is 33.6 Å². The van der Waals surface area contributed by atoms with Crippen molar-refractivity contribution in [1.82, 2.24) is 15.1 Å². The number of nitrogen functional groups attached to an aromatic ring is 1. The van der Waals surface area contributed by atoms with E-state index in [1.54, 1.807) is 6.07 Å². The molecule has 106 valence electrons. The molecule has 0 aromatic carbocycles. The van der Waals surface area contributed by atoms with Gasteiger partial charge in [0.2, 0.25) is 0 Å². The molecule has 1 aromatic rings. The second kappa shape index (κ2) is 6.08. The van der Waals surface area contributed by atoms with Crippen molar-refractivity contribution in [2.45, 2.75) is 52.0 Å². The van der Waals surface area contributed by atoms with Crippen LogP contribution in [0.5, 0.6) is 0 Å². The molecule has 1 heterocycles. The van der Waals surface area contributed by atoms with Gasteiger partial charge in [-0.3, -0.25) is 9.89 Å². The molecule has 5 heteroatoms. The first-order valence-corrected chi connectivity index (χ1v) is 7.19. The molecule has 1 aliphatic carbocycles. The van der Waals surface area contributed by atoms with Gasteiger partial charge in [0, 0.05) is 18.7 Å². The van der Waals surface area contributed by atoms with E-state index in [1.807, 2.05) is 4.90 Å². The van der Waals surface area contributed by atoms with E-state index >= 15 is 0 Å². The van der Waals surface area contributed by atoms with E-state index in [2.05, 4.69) is 24.0 Å². The Morgan fingerprint density at radius 2 is 2.21 bits per heavy atom. The summed E-state index contributed by atoms with van der Waals surface area (Å²) in [5, 5.41) is 6.58. The van der Waals surface area contributed by atoms with E-state index in [9.17, 15) is 4.79 Å². The lowest BCUT2D eigenvalue weighted by molar-refractivity contribution is 0.0666. The standard InChI is InChI=1S/C14H24N4O/c1-10(2)7-8-18(11-5-3-4-6-11)14(19)12-9-13(15)17-16-12/h9-11H,3-8H2,1-2H3,(H3,15,16,17). The zero-order chi connectivity index (χ0) is 13.8. The maximum absolute atomic E-state index is 12.6. The molecule has 5 nitrogen and oxygen atoms in total. The third kappa shape index (κ3) is 3.49. The number of nitrogens with one attached hydrogen (secondary N) is 1. The molecule has 19 heavy (non-hydrogen) atoms. The Balaban J connectivity index is 2.09. The molecule has 0 unspecified atom stereocenters. The summed E-state index contributed by atoms with van der Waals surface area (Å²) in [5.41, 5.74) is 6.09. The molecule has 1 aromatic heterocycles. The number of carbonyl (C=O) groups excluding carboxylic acids is 1. The van der Waals surface area contributed by atoms with E-state index in [0.717, 1.165) is 25.8 Å². The van der Waals surface area contributed by atoms with Crippen molar-refractivity contribution < 1.29 is 4.79 Å². The van der Waals surface area contributed by atoms with Crippen LogP contribution in [0.1, 0.15) is 56.4 Å². The number of hydrogen-bond acceptors (Lipinski definition) is 3. The number of hydrogen-bond donors (Lipinski definition) is 2. The van der Waals surface area contributed by atoms with E-state index in [4.69, 9.17) is 5.73 Å². The fourth-order valence-corrected chi connectivity index (χ4v) is 2.66. The topological polar surface area (TPSA) is 75.0 Å². The number of aromatic amines is 1. The second-order valence-electron chi connectivity index (χ2n) is 5.83. The Kier molecular flexibility index (Phi) is 4.45. The average Bonchev–Trinajstić information content (AvgIpc) is 3.00. The molecule has 1 amide bonds. The molecule has 3 N–H and O–H groups in total. The summed E-state index contributed by atoms with van der Waals surface area (Å²) in [7, 11) is 0. The molecule has 1 fully saturated rings. The summed E-state index contributed by atoms with van der Waals surface area (Å²) in [4.78, 5) is 14.6. The molecule has 2 rings (SSSR count). The molecule has 0 radical (unpaired) electrons. The SMILES string of the molecule is CC(C)CCN(C(=O)c1cc(N)n[nH]1)C1CCCC1. The van der Waals surface area contributed by atoms with Crippen molar-refractivity contribution in [3.63, 3.8) is 0 Å². The smallest absolute Gasteiger partial charge is 0.272 e. The van der Waals surface area contributed by atoms with Crippen LogP contribution in [0.25, 0.3) is 0 Å². The van der Waals surface area contributed by atoms with Crippen LogP contribution in [0.2, 0.25) is 0 Å². The van der Waals surface area contributed by atoms with E-state index < -0.39 is 0 Å². The fourth-order valence-electron chi connectivity index (χ4n) is 2.66. The number of aromatic nitrogens is 2. The van der Waals surface area contributed by atoms with E-state index in [0.29, 0.717) is 23.5 Å². The second-order valence-corrected chi connectivity index (χ2v) is 5.83. The molecule has 0 aliphatic heterocycles. The van der Waals surface area contributed by atoms with Crippen LogP contribution in [0.4, 0.5) is 5.82 Å². The normalized spacial score (nSPS) is 16.2. The van der Waals surface area contributed by atoms with E-state index in [1.165, 1.54) is 12.8 Å². The molecule has 0 bridgehead atoms. The van der Waals surface area contributed by atoms with Crippen molar-refractivity contribution in [2.75, 3.05) is 12.3 Å². The highest BCUT2D eigenvalue weighted by atomic mass is 16.2. The lowest BCUT2D eigenvalue weighted by atomic mass is 10.1. The van der Waals surface area contributed by atoms with Crippen LogP contribution in [-0.2, 0) is 0 Å². The largest absolute Gasteiger partial charge is 0.382 e. The Hall–Kier alpha value is -1.52. The van der Waals surface area contributed by atoms with Crippen LogP contribution in [0, 0.1) is 5.92 Å². The minimum absolute atomic E-state index is 0.0387. The zero-order valence-corrected chi connectivity index (χ0v) is 11.9. The van der Waals surface area contributed by atoms with Crippen molar-refractivity contribution in [2.24, 2.45) is 5.92 Å². The molecule has 1 saturated carbocycles. The Labute approximate surface area is 114 Å². The molecule has 0 saturated heterocycles. The molecular weight excluding hydrogens is 240 g/mol. The van der Waals surface area contributed by atoms with E-state index in [-0.39, 0.29) is 5.91 Å². The highest BCUT2D eigenvalue weighted by molar-refractivity contribution is 5.93. The summed E-state index contributed by atoms with van der Waals surface area (Å²) in [6.07, 6.45) is 5.72. The minimum atomic E-state index is 0.0387. The Morgan fingerprint density at radius 3 is 2.74 bits per heavy atom. The Morgan fingerprint density at radius 1 is 1.53 bits per heavy atom. The van der Waals surface area contributed by atoms with Crippen molar-refractivity contribution in [3.8, 4) is 0 Å². The number of rotatable bonds is 5. The number of nitrogens with two attached hydrogens (primary N) is 1. The van der Waals surface area contributed by atoms with Gasteiger partial charge in [-0.05, 0) is 25.2 Å². The van der Waals surface area contributed by atoms with Crippen LogP contribution in [0.15, 0.2) is 6.07 Å². The Bertz CT molecular complexity index is 421. The third-order valence-electron chi connectivity index (χ3n) is 3.80. The summed E-state index contributed by atoms with van der Waals surface area (Å²) in [6.45, 7) is 5.19. The average molecular weight is 264 g/mol. The van der Waals surface area contributed by atoms with Gasteiger partial charge in [0.1, 0.15) is 11.5 Å². The highest BCUT2D eigenvalue weighted by Gasteiger charge is 2.28. The van der Waals surface area contributed by atoms with Crippen LogP contribution < -0.4 is 5.73 Å². The first-order valence-electron chi connectivity index (χ1n) is 7.19. The van der Waals surface area contributed by atoms with Crippen molar-refractivity contribution >= 4 is 11.7 Å². The molecular formula is C14H24N4O. The highest BCUT2D eigenvalue weighted by Crippen LogP contribution is 2.25.